The van der Waals surface area contributed by atoms with E-state index >= 15 is 0 Å². The Hall–Kier alpha value is -1.64. The van der Waals surface area contributed by atoms with Crippen molar-refractivity contribution in [2.75, 3.05) is 0 Å². The number of carbonyl (C=O) groups excluding carboxylic acids is 1. The van der Waals surface area contributed by atoms with Gasteiger partial charge in [-0.05, 0) is 12.0 Å². The highest BCUT2D eigenvalue weighted by Crippen LogP contribution is 2.04. The predicted octanol–water partition coefficient (Wildman–Crippen LogP) is 2.05. The molecule has 0 aliphatic heterocycles. The van der Waals surface area contributed by atoms with Gasteiger partial charge in [0.2, 0.25) is 0 Å². The SMILES string of the molecule is O=C(O)CCCC(=O)Cc1ccccc1. The summed E-state index contributed by atoms with van der Waals surface area (Å²) in [7, 11) is 0. The van der Waals surface area contributed by atoms with Crippen LogP contribution in [0.4, 0.5) is 0 Å². The monoisotopic (exact) mass is 206 g/mol. The summed E-state index contributed by atoms with van der Waals surface area (Å²) in [5.74, 6) is -0.745. The smallest absolute Gasteiger partial charge is 0.303 e. The van der Waals surface area contributed by atoms with Crippen LogP contribution in [0.5, 0.6) is 0 Å². The van der Waals surface area contributed by atoms with Crippen LogP contribution in [0, 0.1) is 0 Å². The van der Waals surface area contributed by atoms with Crippen LogP contribution in [-0.4, -0.2) is 16.9 Å². The molecule has 1 aromatic carbocycles. The summed E-state index contributed by atoms with van der Waals surface area (Å²) in [6, 6.07) is 9.47. The maximum Gasteiger partial charge on any atom is 0.303 e. The largest absolute Gasteiger partial charge is 0.481 e. The van der Waals surface area contributed by atoms with Gasteiger partial charge in [0.15, 0.2) is 0 Å². The Morgan fingerprint density at radius 1 is 1.07 bits per heavy atom. The van der Waals surface area contributed by atoms with Gasteiger partial charge in [-0.3, -0.25) is 9.59 Å². The number of carboxylic acids is 1. The third kappa shape index (κ3) is 4.96. The Morgan fingerprint density at radius 2 is 1.73 bits per heavy atom. The minimum absolute atomic E-state index is 0.0700. The highest BCUT2D eigenvalue weighted by molar-refractivity contribution is 5.81. The second kappa shape index (κ2) is 5.96. The minimum Gasteiger partial charge on any atom is -0.481 e. The molecule has 0 aromatic heterocycles. The molecule has 0 fully saturated rings. The van der Waals surface area contributed by atoms with E-state index in [1.807, 2.05) is 30.3 Å². The molecular formula is C12H14O3. The quantitative estimate of drug-likeness (QED) is 0.775. The van der Waals surface area contributed by atoms with Gasteiger partial charge in [-0.15, -0.1) is 0 Å². The molecule has 0 bridgehead atoms. The predicted molar refractivity (Wildman–Crippen MR) is 56.6 cm³/mol. The minimum atomic E-state index is -0.845. The van der Waals surface area contributed by atoms with Gasteiger partial charge in [-0.2, -0.15) is 0 Å². The Kier molecular flexibility index (Phi) is 4.54. The summed E-state index contributed by atoms with van der Waals surface area (Å²) in [6.45, 7) is 0. The maximum absolute atomic E-state index is 11.4. The molecule has 1 aromatic rings. The Balaban J connectivity index is 2.28. The Bertz CT molecular complexity index is 330. The van der Waals surface area contributed by atoms with Crippen molar-refractivity contribution >= 4 is 11.8 Å². The second-order valence-electron chi connectivity index (χ2n) is 3.45. The molecule has 1 N–H and O–H groups in total. The first-order valence-corrected chi connectivity index (χ1v) is 4.96. The van der Waals surface area contributed by atoms with Gasteiger partial charge in [-0.1, -0.05) is 30.3 Å². The molecule has 0 saturated carbocycles. The number of benzene rings is 1. The molecule has 3 heteroatoms. The molecule has 0 heterocycles. The molecule has 3 nitrogen and oxygen atoms in total. The molecular weight excluding hydrogens is 192 g/mol. The standard InChI is InChI=1S/C12H14O3/c13-11(7-4-8-12(14)15)9-10-5-2-1-3-6-10/h1-3,5-6H,4,7-9H2,(H,14,15). The van der Waals surface area contributed by atoms with Crippen LogP contribution in [0.15, 0.2) is 30.3 Å². The van der Waals surface area contributed by atoms with E-state index < -0.39 is 5.97 Å². The number of carboxylic acid groups (broad SMARTS) is 1. The lowest BCUT2D eigenvalue weighted by atomic mass is 10.1. The third-order valence-corrected chi connectivity index (χ3v) is 2.09. The normalized spacial score (nSPS) is 9.87. The van der Waals surface area contributed by atoms with Gasteiger partial charge in [0.1, 0.15) is 5.78 Å². The first-order valence-electron chi connectivity index (χ1n) is 4.96. The van der Waals surface area contributed by atoms with E-state index in [0.29, 0.717) is 19.3 Å². The molecule has 15 heavy (non-hydrogen) atoms. The summed E-state index contributed by atoms with van der Waals surface area (Å²) >= 11 is 0. The van der Waals surface area contributed by atoms with Crippen LogP contribution in [-0.2, 0) is 16.0 Å². The molecule has 1 rings (SSSR count). The number of ketones is 1. The van der Waals surface area contributed by atoms with E-state index in [2.05, 4.69) is 0 Å². The lowest BCUT2D eigenvalue weighted by molar-refractivity contribution is -0.137. The number of carbonyl (C=O) groups is 2. The first-order chi connectivity index (χ1) is 7.18. The van der Waals surface area contributed by atoms with Gasteiger partial charge in [0.25, 0.3) is 0 Å². The number of aliphatic carboxylic acids is 1. The van der Waals surface area contributed by atoms with E-state index in [4.69, 9.17) is 5.11 Å². The molecule has 0 aliphatic rings. The van der Waals surface area contributed by atoms with Crippen LogP contribution in [0.2, 0.25) is 0 Å². The summed E-state index contributed by atoms with van der Waals surface area (Å²) in [4.78, 5) is 21.6. The van der Waals surface area contributed by atoms with Gasteiger partial charge >= 0.3 is 5.97 Å². The second-order valence-corrected chi connectivity index (χ2v) is 3.45. The fourth-order valence-electron chi connectivity index (χ4n) is 1.35. The zero-order valence-corrected chi connectivity index (χ0v) is 8.48. The summed E-state index contributed by atoms with van der Waals surface area (Å²) in [6.07, 6.45) is 1.25. The molecule has 0 radical (unpaired) electrons. The van der Waals surface area contributed by atoms with Crippen molar-refractivity contribution in [3.8, 4) is 0 Å². The van der Waals surface area contributed by atoms with Crippen LogP contribution in [0.3, 0.4) is 0 Å². The van der Waals surface area contributed by atoms with Crippen molar-refractivity contribution in [3.05, 3.63) is 35.9 Å². The van der Waals surface area contributed by atoms with Crippen molar-refractivity contribution < 1.29 is 14.7 Å². The van der Waals surface area contributed by atoms with Crippen molar-refractivity contribution in [2.24, 2.45) is 0 Å². The average Bonchev–Trinajstić information content (AvgIpc) is 2.18. The number of hydrogen-bond acceptors (Lipinski definition) is 2. The van der Waals surface area contributed by atoms with Gasteiger partial charge in [0, 0.05) is 19.3 Å². The average molecular weight is 206 g/mol. The van der Waals surface area contributed by atoms with Crippen LogP contribution in [0.25, 0.3) is 0 Å². The Labute approximate surface area is 88.7 Å². The van der Waals surface area contributed by atoms with Crippen molar-refractivity contribution in [1.82, 2.24) is 0 Å². The summed E-state index contributed by atoms with van der Waals surface area (Å²) in [5, 5.41) is 8.40. The van der Waals surface area contributed by atoms with Crippen LogP contribution < -0.4 is 0 Å². The van der Waals surface area contributed by atoms with Crippen LogP contribution in [0.1, 0.15) is 24.8 Å². The van der Waals surface area contributed by atoms with E-state index in [9.17, 15) is 9.59 Å². The number of Topliss-reactive ketones (excluding diaryl/α,β-unsaturated/α-hetero) is 1. The zero-order chi connectivity index (χ0) is 11.1. The van der Waals surface area contributed by atoms with Gasteiger partial charge in [-0.25, -0.2) is 0 Å². The lowest BCUT2D eigenvalue weighted by Gasteiger charge is -1.99. The summed E-state index contributed by atoms with van der Waals surface area (Å²) < 4.78 is 0. The molecule has 0 spiro atoms. The highest BCUT2D eigenvalue weighted by Gasteiger charge is 2.04. The van der Waals surface area contributed by atoms with Crippen molar-refractivity contribution in [2.45, 2.75) is 25.7 Å². The molecule has 0 amide bonds. The van der Waals surface area contributed by atoms with E-state index in [1.165, 1.54) is 0 Å². The highest BCUT2D eigenvalue weighted by atomic mass is 16.4. The van der Waals surface area contributed by atoms with Crippen molar-refractivity contribution in [3.63, 3.8) is 0 Å². The van der Waals surface area contributed by atoms with Gasteiger partial charge < -0.3 is 5.11 Å². The first kappa shape index (κ1) is 11.4. The molecule has 0 aliphatic carbocycles. The number of rotatable bonds is 6. The number of hydrogen-bond donors (Lipinski definition) is 1. The van der Waals surface area contributed by atoms with E-state index in [-0.39, 0.29) is 12.2 Å². The maximum atomic E-state index is 11.4. The molecule has 0 saturated heterocycles. The Morgan fingerprint density at radius 3 is 2.33 bits per heavy atom. The van der Waals surface area contributed by atoms with E-state index in [1.54, 1.807) is 0 Å². The zero-order valence-electron chi connectivity index (χ0n) is 8.48. The fourth-order valence-corrected chi connectivity index (χ4v) is 1.35. The van der Waals surface area contributed by atoms with E-state index in [0.717, 1.165) is 5.56 Å². The van der Waals surface area contributed by atoms with Gasteiger partial charge in [0.05, 0.1) is 0 Å². The van der Waals surface area contributed by atoms with Crippen molar-refractivity contribution in [1.29, 1.82) is 0 Å². The molecule has 0 unspecified atom stereocenters. The van der Waals surface area contributed by atoms with Crippen LogP contribution >= 0.6 is 0 Å². The summed E-state index contributed by atoms with van der Waals surface area (Å²) in [5.41, 5.74) is 0.984. The fraction of sp³-hybridized carbons (Fsp3) is 0.333. The molecule has 0 atom stereocenters. The topological polar surface area (TPSA) is 54.4 Å². The molecule has 80 valence electrons. The third-order valence-electron chi connectivity index (χ3n) is 2.09. The lowest BCUT2D eigenvalue weighted by Crippen LogP contribution is -2.04.